The Balaban J connectivity index is 2.58. The van der Waals surface area contributed by atoms with Gasteiger partial charge in [0.2, 0.25) is 0 Å². The molecular weight excluding hydrogens is 212 g/mol. The molecule has 0 aliphatic carbocycles. The van der Waals surface area contributed by atoms with Crippen LogP contribution in [-0.2, 0) is 16.3 Å². The maximum atomic E-state index is 10.9. The van der Waals surface area contributed by atoms with E-state index in [9.17, 15) is 8.42 Å². The molecule has 3 nitrogen and oxygen atoms in total. The summed E-state index contributed by atoms with van der Waals surface area (Å²) in [6, 6.07) is 7.67. The smallest absolute Gasteiger partial charge is 0.150 e. The topological polar surface area (TPSA) is 43.4 Å². The molecule has 0 N–H and O–H groups in total. The molecular formula is C11H16O3S. The monoisotopic (exact) mass is 228 g/mol. The van der Waals surface area contributed by atoms with Crippen LogP contribution >= 0.6 is 0 Å². The van der Waals surface area contributed by atoms with E-state index in [-0.39, 0.29) is 12.4 Å². The minimum absolute atomic E-state index is 0.0606. The highest BCUT2D eigenvalue weighted by molar-refractivity contribution is 7.90. The van der Waals surface area contributed by atoms with Gasteiger partial charge in [0.1, 0.15) is 12.4 Å². The molecule has 0 aliphatic rings. The third kappa shape index (κ3) is 4.34. The van der Waals surface area contributed by atoms with Gasteiger partial charge in [-0.05, 0) is 18.1 Å². The zero-order valence-corrected chi connectivity index (χ0v) is 9.88. The minimum Gasteiger partial charge on any atom is -0.492 e. The lowest BCUT2D eigenvalue weighted by Crippen LogP contribution is -2.12. The number of hydrogen-bond donors (Lipinski definition) is 0. The molecule has 0 saturated heterocycles. The fraction of sp³-hybridized carbons (Fsp3) is 0.455. The number of aryl methyl sites for hydroxylation is 1. The van der Waals surface area contributed by atoms with Crippen LogP contribution in [0, 0.1) is 0 Å². The highest BCUT2D eigenvalue weighted by atomic mass is 32.2. The van der Waals surface area contributed by atoms with E-state index in [1.54, 1.807) is 0 Å². The largest absolute Gasteiger partial charge is 0.492 e. The number of sulfone groups is 1. The lowest BCUT2D eigenvalue weighted by atomic mass is 10.1. The molecule has 0 aromatic heterocycles. The molecule has 4 heteroatoms. The highest BCUT2D eigenvalue weighted by Crippen LogP contribution is 2.17. The van der Waals surface area contributed by atoms with Crippen molar-refractivity contribution in [3.8, 4) is 5.75 Å². The summed E-state index contributed by atoms with van der Waals surface area (Å²) < 4.78 is 27.2. The summed E-state index contributed by atoms with van der Waals surface area (Å²) >= 11 is 0. The van der Waals surface area contributed by atoms with Crippen LogP contribution in [0.3, 0.4) is 0 Å². The Labute approximate surface area is 91.0 Å². The molecule has 0 heterocycles. The molecule has 0 amide bonds. The van der Waals surface area contributed by atoms with Gasteiger partial charge in [-0.3, -0.25) is 0 Å². The van der Waals surface area contributed by atoms with Crippen molar-refractivity contribution >= 4 is 9.84 Å². The first kappa shape index (κ1) is 12.0. The van der Waals surface area contributed by atoms with Crippen LogP contribution in [0.4, 0.5) is 0 Å². The molecule has 15 heavy (non-hydrogen) atoms. The van der Waals surface area contributed by atoms with E-state index >= 15 is 0 Å². The van der Waals surface area contributed by atoms with Crippen LogP contribution < -0.4 is 4.74 Å². The van der Waals surface area contributed by atoms with Crippen LogP contribution in [0.1, 0.15) is 12.5 Å². The number of ether oxygens (including phenoxy) is 1. The summed E-state index contributed by atoms with van der Waals surface area (Å²) in [5, 5.41) is 0. The summed E-state index contributed by atoms with van der Waals surface area (Å²) in [6.07, 6.45) is 2.09. The summed E-state index contributed by atoms with van der Waals surface area (Å²) in [5.74, 6) is 0.842. The molecule has 1 rings (SSSR count). The van der Waals surface area contributed by atoms with Gasteiger partial charge in [-0.2, -0.15) is 0 Å². The molecule has 0 atom stereocenters. The van der Waals surface area contributed by atoms with Crippen LogP contribution in [0.5, 0.6) is 5.75 Å². The van der Waals surface area contributed by atoms with Gasteiger partial charge in [-0.1, -0.05) is 25.1 Å². The third-order valence-electron chi connectivity index (χ3n) is 2.07. The van der Waals surface area contributed by atoms with E-state index in [0.29, 0.717) is 0 Å². The van der Waals surface area contributed by atoms with Crippen molar-refractivity contribution in [2.24, 2.45) is 0 Å². The van der Waals surface area contributed by atoms with Crippen molar-refractivity contribution < 1.29 is 13.2 Å². The first-order chi connectivity index (χ1) is 7.03. The van der Waals surface area contributed by atoms with Gasteiger partial charge >= 0.3 is 0 Å². The average molecular weight is 228 g/mol. The molecule has 1 aromatic rings. The summed E-state index contributed by atoms with van der Waals surface area (Å²) in [4.78, 5) is 0. The first-order valence-electron chi connectivity index (χ1n) is 4.91. The molecule has 0 fully saturated rings. The van der Waals surface area contributed by atoms with Gasteiger partial charge in [-0.15, -0.1) is 0 Å². The Bertz CT molecular complexity index is 410. The van der Waals surface area contributed by atoms with Crippen molar-refractivity contribution in [1.82, 2.24) is 0 Å². The van der Waals surface area contributed by atoms with E-state index in [1.165, 1.54) is 6.26 Å². The fourth-order valence-electron chi connectivity index (χ4n) is 1.24. The van der Waals surface area contributed by atoms with Crippen molar-refractivity contribution in [3.63, 3.8) is 0 Å². The molecule has 0 spiro atoms. The Hall–Kier alpha value is -1.03. The molecule has 84 valence electrons. The summed E-state index contributed by atoms with van der Waals surface area (Å²) in [6.45, 7) is 2.26. The fourth-order valence-corrected chi connectivity index (χ4v) is 1.63. The minimum atomic E-state index is -2.94. The summed E-state index contributed by atoms with van der Waals surface area (Å²) in [7, 11) is -2.94. The zero-order chi connectivity index (χ0) is 11.3. The number of benzene rings is 1. The van der Waals surface area contributed by atoms with Crippen molar-refractivity contribution in [2.45, 2.75) is 13.3 Å². The van der Waals surface area contributed by atoms with Gasteiger partial charge in [0.15, 0.2) is 9.84 Å². The van der Waals surface area contributed by atoms with E-state index in [4.69, 9.17) is 4.74 Å². The standard InChI is InChI=1S/C11H16O3S/c1-3-10-6-4-5-7-11(10)14-8-9-15(2,12)13/h4-7H,3,8-9H2,1-2H3. The SMILES string of the molecule is CCc1ccccc1OCCS(C)(=O)=O. The predicted molar refractivity (Wildman–Crippen MR) is 61.0 cm³/mol. The van der Waals surface area contributed by atoms with E-state index < -0.39 is 9.84 Å². The lowest BCUT2D eigenvalue weighted by molar-refractivity contribution is 0.337. The quantitative estimate of drug-likeness (QED) is 0.770. The normalized spacial score (nSPS) is 11.3. The van der Waals surface area contributed by atoms with E-state index in [0.717, 1.165) is 17.7 Å². The average Bonchev–Trinajstić information content (AvgIpc) is 2.16. The van der Waals surface area contributed by atoms with Crippen molar-refractivity contribution in [2.75, 3.05) is 18.6 Å². The van der Waals surface area contributed by atoms with Crippen LogP contribution in [0.2, 0.25) is 0 Å². The van der Waals surface area contributed by atoms with Gasteiger partial charge < -0.3 is 4.74 Å². The first-order valence-corrected chi connectivity index (χ1v) is 6.97. The van der Waals surface area contributed by atoms with Gasteiger partial charge in [-0.25, -0.2) is 8.42 Å². The number of para-hydroxylation sites is 1. The van der Waals surface area contributed by atoms with Crippen LogP contribution in [0.25, 0.3) is 0 Å². The predicted octanol–water partition coefficient (Wildman–Crippen LogP) is 1.67. The van der Waals surface area contributed by atoms with Gasteiger partial charge in [0.25, 0.3) is 0 Å². The van der Waals surface area contributed by atoms with Gasteiger partial charge in [0.05, 0.1) is 5.75 Å². The van der Waals surface area contributed by atoms with E-state index in [1.807, 2.05) is 31.2 Å². The Morgan fingerprint density at radius 1 is 1.27 bits per heavy atom. The number of hydrogen-bond acceptors (Lipinski definition) is 3. The molecule has 0 bridgehead atoms. The Kier molecular flexibility index (Phi) is 4.15. The Morgan fingerprint density at radius 2 is 1.93 bits per heavy atom. The molecule has 1 aromatic carbocycles. The second-order valence-electron chi connectivity index (χ2n) is 3.44. The molecule has 0 aliphatic heterocycles. The third-order valence-corrected chi connectivity index (χ3v) is 2.97. The van der Waals surface area contributed by atoms with Gasteiger partial charge in [0, 0.05) is 6.26 Å². The maximum Gasteiger partial charge on any atom is 0.150 e. The van der Waals surface area contributed by atoms with E-state index in [2.05, 4.69) is 0 Å². The molecule has 0 unspecified atom stereocenters. The zero-order valence-electron chi connectivity index (χ0n) is 9.06. The second kappa shape index (κ2) is 5.16. The molecule has 0 saturated carbocycles. The highest BCUT2D eigenvalue weighted by Gasteiger charge is 2.04. The summed E-state index contributed by atoms with van der Waals surface area (Å²) in [5.41, 5.74) is 1.10. The lowest BCUT2D eigenvalue weighted by Gasteiger charge is -2.09. The second-order valence-corrected chi connectivity index (χ2v) is 5.70. The van der Waals surface area contributed by atoms with Crippen LogP contribution in [-0.4, -0.2) is 27.0 Å². The molecule has 0 radical (unpaired) electrons. The number of rotatable bonds is 5. The van der Waals surface area contributed by atoms with Crippen LogP contribution in [0.15, 0.2) is 24.3 Å². The Morgan fingerprint density at radius 3 is 2.53 bits per heavy atom. The maximum absolute atomic E-state index is 10.9. The van der Waals surface area contributed by atoms with Crippen molar-refractivity contribution in [1.29, 1.82) is 0 Å². The van der Waals surface area contributed by atoms with Crippen molar-refractivity contribution in [3.05, 3.63) is 29.8 Å².